The Bertz CT molecular complexity index is 1690. The van der Waals surface area contributed by atoms with Crippen LogP contribution in [0.15, 0.2) is 42.5 Å². The fourth-order valence-corrected chi connectivity index (χ4v) is 6.65. The summed E-state index contributed by atoms with van der Waals surface area (Å²) in [4.78, 5) is 25.4. The molecule has 2 bridgehead atoms. The highest BCUT2D eigenvalue weighted by Gasteiger charge is 2.69. The summed E-state index contributed by atoms with van der Waals surface area (Å²) in [6.07, 6.45) is 5.46. The molecule has 0 radical (unpaired) electrons. The molecule has 2 heterocycles. The van der Waals surface area contributed by atoms with E-state index in [4.69, 9.17) is 24.7 Å². The first kappa shape index (κ1) is 27.3. The Balaban J connectivity index is 1.42. The van der Waals surface area contributed by atoms with Gasteiger partial charge in [-0.3, -0.25) is 9.69 Å². The van der Waals surface area contributed by atoms with Gasteiger partial charge in [0.1, 0.15) is 17.3 Å². The monoisotopic (exact) mass is 560 g/mol. The molecule has 3 aromatic rings. The van der Waals surface area contributed by atoms with Gasteiger partial charge in [0.15, 0.2) is 0 Å². The van der Waals surface area contributed by atoms with Gasteiger partial charge in [-0.2, -0.15) is 20.5 Å². The van der Waals surface area contributed by atoms with Gasteiger partial charge in [0, 0.05) is 11.6 Å². The number of nitrogens with one attached hydrogen (secondary N) is 1. The van der Waals surface area contributed by atoms with Gasteiger partial charge in [-0.05, 0) is 99.6 Å². The van der Waals surface area contributed by atoms with Crippen LogP contribution >= 0.6 is 0 Å². The van der Waals surface area contributed by atoms with E-state index < -0.39 is 5.41 Å². The molecule has 2 aromatic carbocycles. The molecular formula is C33H32N6O3. The second-order valence-electron chi connectivity index (χ2n) is 12.3. The first-order chi connectivity index (χ1) is 20.0. The van der Waals surface area contributed by atoms with Crippen molar-refractivity contribution in [2.45, 2.75) is 64.5 Å². The van der Waals surface area contributed by atoms with E-state index in [0.29, 0.717) is 35.5 Å². The van der Waals surface area contributed by atoms with Crippen LogP contribution in [0.5, 0.6) is 17.4 Å². The summed E-state index contributed by atoms with van der Waals surface area (Å²) < 4.78 is 11.9. The molecule has 7 rings (SSSR count). The molecule has 4 aliphatic rings. The summed E-state index contributed by atoms with van der Waals surface area (Å²) in [5.41, 5.74) is 2.83. The van der Waals surface area contributed by atoms with Crippen LogP contribution in [0.2, 0.25) is 0 Å². The van der Waals surface area contributed by atoms with Crippen molar-refractivity contribution in [3.05, 3.63) is 70.3 Å². The zero-order valence-electron chi connectivity index (χ0n) is 24.4. The quantitative estimate of drug-likeness (QED) is 0.327. The minimum Gasteiger partial charge on any atom is -0.497 e. The van der Waals surface area contributed by atoms with Crippen molar-refractivity contribution < 1.29 is 14.3 Å². The maximum absolute atomic E-state index is 13.9. The van der Waals surface area contributed by atoms with Crippen LogP contribution in [0.3, 0.4) is 0 Å². The number of anilines is 2. The molecule has 212 valence electrons. The predicted octanol–water partition coefficient (Wildman–Crippen LogP) is 6.11. The molecule has 3 saturated carbocycles. The van der Waals surface area contributed by atoms with Crippen molar-refractivity contribution >= 4 is 23.7 Å². The Labute approximate surface area is 245 Å². The molecule has 0 atom stereocenters. The van der Waals surface area contributed by atoms with E-state index in [1.165, 1.54) is 6.08 Å². The number of nitriles is 2. The number of rotatable bonds is 8. The lowest BCUT2D eigenvalue weighted by Gasteiger charge is -2.66. The van der Waals surface area contributed by atoms with E-state index in [9.17, 15) is 10.1 Å². The molecule has 1 N–H and O–H groups in total. The van der Waals surface area contributed by atoms with Gasteiger partial charge < -0.3 is 14.8 Å². The van der Waals surface area contributed by atoms with Crippen LogP contribution < -0.4 is 19.7 Å². The van der Waals surface area contributed by atoms with Gasteiger partial charge in [-0.25, -0.2) is 0 Å². The Morgan fingerprint density at radius 1 is 1.07 bits per heavy atom. The number of nitrogens with zero attached hydrogens (tertiary/aromatic N) is 5. The molecule has 0 unspecified atom stereocenters. The Hall–Kier alpha value is -4.89. The second-order valence-corrected chi connectivity index (χ2v) is 12.3. The normalized spacial score (nSPS) is 22.9. The molecule has 3 fully saturated rings. The van der Waals surface area contributed by atoms with Crippen molar-refractivity contribution in [1.82, 2.24) is 9.97 Å². The van der Waals surface area contributed by atoms with Crippen molar-refractivity contribution in [2.24, 2.45) is 5.41 Å². The van der Waals surface area contributed by atoms with Crippen molar-refractivity contribution in [3.8, 4) is 29.5 Å². The lowest BCUT2D eigenvalue weighted by molar-refractivity contribution is -0.122. The fourth-order valence-electron chi connectivity index (χ4n) is 6.65. The van der Waals surface area contributed by atoms with Gasteiger partial charge in [0.05, 0.1) is 42.2 Å². The van der Waals surface area contributed by atoms with Gasteiger partial charge in [0.25, 0.3) is 0 Å². The topological polar surface area (TPSA) is 124 Å². The van der Waals surface area contributed by atoms with Crippen LogP contribution in [0, 0.1) is 41.9 Å². The number of carbonyl (C=O) groups is 1. The molecule has 1 aliphatic heterocycles. The van der Waals surface area contributed by atoms with E-state index in [1.54, 1.807) is 18.1 Å². The highest BCUT2D eigenvalue weighted by Crippen LogP contribution is 2.68. The molecule has 1 aromatic heterocycles. The number of aryl methyl sites for hydroxylation is 2. The zero-order chi connectivity index (χ0) is 29.9. The number of allylic oxidation sites excluding steroid dienone is 1. The molecule has 9 nitrogen and oxygen atoms in total. The van der Waals surface area contributed by atoms with Gasteiger partial charge in [-0.15, -0.1) is 0 Å². The first-order valence-corrected chi connectivity index (χ1v) is 13.9. The average molecular weight is 561 g/mol. The smallest absolute Gasteiger partial charge is 0.238 e. The molecule has 9 heteroatoms. The molecule has 0 saturated heterocycles. The Morgan fingerprint density at radius 3 is 2.33 bits per heavy atom. The number of hydrogen-bond acceptors (Lipinski definition) is 8. The van der Waals surface area contributed by atoms with Crippen LogP contribution in [-0.4, -0.2) is 28.5 Å². The van der Waals surface area contributed by atoms with Crippen LogP contribution in [0.4, 0.5) is 11.8 Å². The van der Waals surface area contributed by atoms with Crippen molar-refractivity contribution in [2.75, 3.05) is 17.3 Å². The largest absolute Gasteiger partial charge is 0.497 e. The highest BCUT2D eigenvalue weighted by atomic mass is 16.5. The van der Waals surface area contributed by atoms with Crippen LogP contribution in [0.1, 0.15) is 60.9 Å². The molecule has 0 spiro atoms. The number of aromatic nitrogens is 2. The zero-order valence-corrected chi connectivity index (χ0v) is 24.4. The van der Waals surface area contributed by atoms with E-state index in [1.807, 2.05) is 70.2 Å². The number of amides is 1. The minimum absolute atomic E-state index is 0.0935. The molecule has 1 amide bonds. The van der Waals surface area contributed by atoms with Gasteiger partial charge in [0.2, 0.25) is 17.7 Å². The number of benzene rings is 2. The van der Waals surface area contributed by atoms with E-state index in [2.05, 4.69) is 11.4 Å². The molecular weight excluding hydrogens is 528 g/mol. The summed E-state index contributed by atoms with van der Waals surface area (Å²) in [5.74, 6) is 2.50. The first-order valence-electron chi connectivity index (χ1n) is 13.9. The SMILES string of the molecule is COc1ccc(CN2C(=O)C(C)(C)c3c(Oc4c(C)cc(/C=C/C#N)cc4C)nc(NC45CC(C#N)(C4)C5)nc32)cc1. The third-order valence-corrected chi connectivity index (χ3v) is 8.69. The lowest BCUT2D eigenvalue weighted by Crippen LogP contribution is -2.70. The van der Waals surface area contributed by atoms with Crippen LogP contribution in [0.25, 0.3) is 6.08 Å². The van der Waals surface area contributed by atoms with E-state index >= 15 is 0 Å². The van der Waals surface area contributed by atoms with Crippen molar-refractivity contribution in [3.63, 3.8) is 0 Å². The summed E-state index contributed by atoms with van der Waals surface area (Å²) in [5, 5.41) is 21.9. The number of methoxy groups -OCH3 is 1. The minimum atomic E-state index is -0.936. The number of ether oxygens (including phenoxy) is 2. The number of carbonyl (C=O) groups excluding carboxylic acids is 1. The Morgan fingerprint density at radius 2 is 1.74 bits per heavy atom. The summed E-state index contributed by atoms with van der Waals surface area (Å²) in [6.45, 7) is 7.97. The molecule has 3 aliphatic carbocycles. The predicted molar refractivity (Wildman–Crippen MR) is 158 cm³/mol. The van der Waals surface area contributed by atoms with Gasteiger partial charge in [-0.1, -0.05) is 12.1 Å². The standard InChI is InChI=1S/C33H32N6O3/c1-20-13-23(7-6-12-34)14-21(2)26(20)42-28-25-27(36-30(37-28)38-33-16-32(17-33,18-33)19-35)39(29(40)31(25,3)4)15-22-8-10-24(41-5)11-9-22/h6-11,13-14H,15-18H2,1-5H3,(H,36,37,38)/b7-6+. The number of hydrogen-bond donors (Lipinski definition) is 1. The lowest BCUT2D eigenvalue weighted by atomic mass is 9.40. The summed E-state index contributed by atoms with van der Waals surface area (Å²) >= 11 is 0. The van der Waals surface area contributed by atoms with Crippen LogP contribution in [-0.2, 0) is 16.8 Å². The molecule has 42 heavy (non-hydrogen) atoms. The Kier molecular flexibility index (Phi) is 6.23. The maximum Gasteiger partial charge on any atom is 0.238 e. The fraction of sp³-hybridized carbons (Fsp3) is 0.364. The van der Waals surface area contributed by atoms with E-state index in [0.717, 1.165) is 47.3 Å². The third kappa shape index (κ3) is 4.33. The highest BCUT2D eigenvalue weighted by molar-refractivity contribution is 6.07. The summed E-state index contributed by atoms with van der Waals surface area (Å²) in [7, 11) is 1.62. The number of fused-ring (bicyclic) bond motifs is 1. The van der Waals surface area contributed by atoms with Crippen molar-refractivity contribution in [1.29, 1.82) is 10.5 Å². The summed E-state index contributed by atoms with van der Waals surface area (Å²) in [6, 6.07) is 16.0. The van der Waals surface area contributed by atoms with Gasteiger partial charge >= 0.3 is 0 Å². The van der Waals surface area contributed by atoms with E-state index in [-0.39, 0.29) is 16.9 Å². The maximum atomic E-state index is 13.9. The second kappa shape index (κ2) is 9.60. The third-order valence-electron chi connectivity index (χ3n) is 8.69. The average Bonchev–Trinajstić information content (AvgIpc) is 3.11.